The Morgan fingerprint density at radius 3 is 2.80 bits per heavy atom. The monoisotopic (exact) mass is 374 g/mol. The third-order valence-electron chi connectivity index (χ3n) is 3.69. The van der Waals surface area contributed by atoms with Gasteiger partial charge in [0.2, 0.25) is 0 Å². The zero-order chi connectivity index (χ0) is 18.7. The van der Waals surface area contributed by atoms with E-state index in [1.807, 2.05) is 26.8 Å². The molecule has 2 amide bonds. The third-order valence-corrected chi connectivity index (χ3v) is 5.65. The van der Waals surface area contributed by atoms with Crippen LogP contribution in [0, 0.1) is 0 Å². The van der Waals surface area contributed by atoms with E-state index >= 15 is 0 Å². The van der Waals surface area contributed by atoms with E-state index in [0.29, 0.717) is 11.4 Å². The van der Waals surface area contributed by atoms with E-state index in [0.717, 1.165) is 10.5 Å². The summed E-state index contributed by atoms with van der Waals surface area (Å²) in [5, 5.41) is 2.63. The quantitative estimate of drug-likeness (QED) is 0.884. The molecule has 1 aliphatic heterocycles. The van der Waals surface area contributed by atoms with Gasteiger partial charge in [-0.1, -0.05) is 12.1 Å². The van der Waals surface area contributed by atoms with E-state index in [9.17, 15) is 17.8 Å². The van der Waals surface area contributed by atoms with Gasteiger partial charge in [-0.3, -0.25) is 4.21 Å². The maximum atomic E-state index is 13.6. The Kier molecular flexibility index (Phi) is 6.16. The van der Waals surface area contributed by atoms with Crippen LogP contribution in [0.3, 0.4) is 0 Å². The number of ether oxygens (including phenoxy) is 1. The van der Waals surface area contributed by atoms with Gasteiger partial charge >= 0.3 is 6.03 Å². The summed E-state index contributed by atoms with van der Waals surface area (Å²) >= 11 is 0. The summed E-state index contributed by atoms with van der Waals surface area (Å²) in [6, 6.07) is 6.36. The number of urea groups is 1. The molecule has 1 saturated heterocycles. The average molecular weight is 374 g/mol. The predicted molar refractivity (Wildman–Crippen MR) is 94.4 cm³/mol. The van der Waals surface area contributed by atoms with Crippen molar-refractivity contribution >= 4 is 22.5 Å². The number of hydrogen-bond acceptors (Lipinski definition) is 3. The van der Waals surface area contributed by atoms with Crippen molar-refractivity contribution in [2.45, 2.75) is 37.2 Å². The molecule has 1 atom stereocenters. The summed E-state index contributed by atoms with van der Waals surface area (Å²) in [6.07, 6.45) is 0. The van der Waals surface area contributed by atoms with Crippen LogP contribution in [0.2, 0.25) is 0 Å². The van der Waals surface area contributed by atoms with Gasteiger partial charge in [0, 0.05) is 33.5 Å². The molecule has 0 aliphatic carbocycles. The Bertz CT molecular complexity index is 647. The molecule has 5 nitrogen and oxygen atoms in total. The number of alkyl halides is 2. The molecule has 1 aliphatic rings. The molecule has 0 saturated carbocycles. The molecule has 0 radical (unpaired) electrons. The topological polar surface area (TPSA) is 58.6 Å². The van der Waals surface area contributed by atoms with Gasteiger partial charge in [-0.2, -0.15) is 0 Å². The minimum atomic E-state index is -3.06. The second-order valence-electron chi connectivity index (χ2n) is 7.06. The van der Waals surface area contributed by atoms with E-state index in [1.54, 1.807) is 18.2 Å². The summed E-state index contributed by atoms with van der Waals surface area (Å²) in [5.41, 5.74) is 1.30. The molecule has 0 bridgehead atoms. The fraction of sp³-hybridized carbons (Fsp3) is 0.588. The predicted octanol–water partition coefficient (Wildman–Crippen LogP) is 3.23. The average Bonchev–Trinajstić information content (AvgIpc) is 2.67. The lowest BCUT2D eigenvalue weighted by Gasteiger charge is -2.23. The highest BCUT2D eigenvalue weighted by Gasteiger charge is 2.36. The molecule has 1 N–H and O–H groups in total. The van der Waals surface area contributed by atoms with Crippen molar-refractivity contribution in [2.24, 2.45) is 0 Å². The van der Waals surface area contributed by atoms with Crippen LogP contribution in [0.25, 0.3) is 0 Å². The zero-order valence-electron chi connectivity index (χ0n) is 14.7. The van der Waals surface area contributed by atoms with E-state index in [4.69, 9.17) is 4.74 Å². The minimum absolute atomic E-state index is 0.0770. The molecule has 8 heteroatoms. The van der Waals surface area contributed by atoms with Crippen LogP contribution in [0.5, 0.6) is 0 Å². The molecule has 2 rings (SSSR count). The first-order valence-electron chi connectivity index (χ1n) is 8.06. The van der Waals surface area contributed by atoms with Gasteiger partial charge in [0.25, 0.3) is 5.92 Å². The van der Waals surface area contributed by atoms with Crippen molar-refractivity contribution in [1.82, 2.24) is 4.90 Å². The Labute approximate surface area is 149 Å². The van der Waals surface area contributed by atoms with Crippen molar-refractivity contribution in [3.63, 3.8) is 0 Å². The molecule has 0 aromatic heterocycles. The lowest BCUT2D eigenvalue weighted by molar-refractivity contribution is -0.0648. The summed E-state index contributed by atoms with van der Waals surface area (Å²) in [7, 11) is -1.07. The number of amides is 2. The first-order chi connectivity index (χ1) is 11.6. The van der Waals surface area contributed by atoms with Crippen LogP contribution < -0.4 is 5.32 Å². The number of halogens is 2. The Morgan fingerprint density at radius 2 is 2.12 bits per heavy atom. The van der Waals surface area contributed by atoms with Gasteiger partial charge in [0.15, 0.2) is 0 Å². The number of benzene rings is 1. The fourth-order valence-electron chi connectivity index (χ4n) is 2.28. The van der Waals surface area contributed by atoms with Crippen LogP contribution in [-0.4, -0.2) is 52.1 Å². The van der Waals surface area contributed by atoms with E-state index in [1.165, 1.54) is 0 Å². The molecule has 1 unspecified atom stereocenters. The largest absolute Gasteiger partial charge is 0.373 e. The molecule has 1 aromatic carbocycles. The van der Waals surface area contributed by atoms with Crippen molar-refractivity contribution in [3.05, 3.63) is 29.8 Å². The highest BCUT2D eigenvalue weighted by atomic mass is 32.2. The van der Waals surface area contributed by atoms with Gasteiger partial charge < -0.3 is 15.0 Å². The van der Waals surface area contributed by atoms with Crippen molar-refractivity contribution in [1.29, 1.82) is 0 Å². The summed E-state index contributed by atoms with van der Waals surface area (Å²) in [4.78, 5) is 13.3. The first kappa shape index (κ1) is 19.8. The number of carbonyl (C=O) groups excluding carboxylic acids is 1. The second-order valence-corrected chi connectivity index (χ2v) is 9.27. The number of nitrogens with one attached hydrogen (secondary N) is 1. The van der Waals surface area contributed by atoms with Crippen molar-refractivity contribution in [2.75, 3.05) is 31.6 Å². The lowest BCUT2D eigenvalue weighted by Crippen LogP contribution is -2.43. The van der Waals surface area contributed by atoms with E-state index in [-0.39, 0.29) is 17.9 Å². The van der Waals surface area contributed by atoms with Gasteiger partial charge in [0.05, 0.1) is 13.2 Å². The molecule has 1 aromatic rings. The van der Waals surface area contributed by atoms with Gasteiger partial charge in [-0.15, -0.1) is 0 Å². The van der Waals surface area contributed by atoms with Crippen molar-refractivity contribution < 1.29 is 22.5 Å². The molecule has 140 valence electrons. The molecule has 1 heterocycles. The minimum Gasteiger partial charge on any atom is -0.373 e. The standard InChI is InChI=1S/C17H24F2N2O3S/c1-16(2,3)25(23)10-13-5-4-6-14(9-13)20-15(22)21-7-8-24-12-17(18,19)11-21/h4-6,9H,7-8,10-12H2,1-3H3,(H,20,22). The maximum absolute atomic E-state index is 13.6. The summed E-state index contributed by atoms with van der Waals surface area (Å²) in [5.74, 6) is -2.69. The molecule has 1 fully saturated rings. The van der Waals surface area contributed by atoms with Gasteiger partial charge in [-0.05, 0) is 38.5 Å². The van der Waals surface area contributed by atoms with E-state index in [2.05, 4.69) is 5.32 Å². The number of nitrogens with zero attached hydrogens (tertiary/aromatic N) is 1. The van der Waals surface area contributed by atoms with Gasteiger partial charge in [-0.25, -0.2) is 13.6 Å². The normalized spacial score (nSPS) is 19.2. The smallest absolute Gasteiger partial charge is 0.322 e. The Hall–Kier alpha value is -1.54. The Balaban J connectivity index is 2.03. The third kappa shape index (κ3) is 6.04. The summed E-state index contributed by atoms with van der Waals surface area (Å²) < 4.78 is 43.8. The SMILES string of the molecule is CC(C)(C)S(=O)Cc1cccc(NC(=O)N2CCOCC(F)(F)C2)c1. The first-order valence-corrected chi connectivity index (χ1v) is 9.38. The lowest BCUT2D eigenvalue weighted by atomic mass is 10.2. The van der Waals surface area contributed by atoms with E-state index < -0.39 is 35.9 Å². The van der Waals surface area contributed by atoms with Crippen molar-refractivity contribution in [3.8, 4) is 0 Å². The fourth-order valence-corrected chi connectivity index (χ4v) is 3.20. The van der Waals surface area contributed by atoms with Gasteiger partial charge in [0.1, 0.15) is 6.61 Å². The van der Waals surface area contributed by atoms with Crippen LogP contribution in [-0.2, 0) is 21.3 Å². The number of rotatable bonds is 3. The molecular weight excluding hydrogens is 350 g/mol. The van der Waals surface area contributed by atoms with Crippen LogP contribution >= 0.6 is 0 Å². The number of hydrogen-bond donors (Lipinski definition) is 1. The Morgan fingerprint density at radius 1 is 1.40 bits per heavy atom. The van der Waals surface area contributed by atoms with Crippen LogP contribution in [0.4, 0.5) is 19.3 Å². The molecule has 0 spiro atoms. The molecule has 25 heavy (non-hydrogen) atoms. The summed E-state index contributed by atoms with van der Waals surface area (Å²) in [6.45, 7) is 4.53. The second kappa shape index (κ2) is 7.78. The van der Waals surface area contributed by atoms with Crippen LogP contribution in [0.15, 0.2) is 24.3 Å². The zero-order valence-corrected chi connectivity index (χ0v) is 15.5. The molecular formula is C17H24F2N2O3S. The highest BCUT2D eigenvalue weighted by molar-refractivity contribution is 7.85. The number of anilines is 1. The number of carbonyl (C=O) groups is 1. The van der Waals surface area contributed by atoms with Crippen LogP contribution in [0.1, 0.15) is 26.3 Å². The maximum Gasteiger partial charge on any atom is 0.322 e. The highest BCUT2D eigenvalue weighted by Crippen LogP contribution is 2.21.